The van der Waals surface area contributed by atoms with Gasteiger partial charge in [-0.2, -0.15) is 0 Å². The van der Waals surface area contributed by atoms with Crippen LogP contribution in [0.1, 0.15) is 39.2 Å². The van der Waals surface area contributed by atoms with Crippen LogP contribution in [-0.4, -0.2) is 39.8 Å². The van der Waals surface area contributed by atoms with Crippen molar-refractivity contribution in [3.8, 4) is 0 Å². The van der Waals surface area contributed by atoms with E-state index >= 15 is 0 Å². The Bertz CT molecular complexity index is 1420. The van der Waals surface area contributed by atoms with E-state index in [-0.39, 0.29) is 11.5 Å². The number of rotatable bonds is 5. The maximum atomic E-state index is 12.8. The second kappa shape index (κ2) is 9.49. The molecule has 0 spiro atoms. The second-order valence-corrected chi connectivity index (χ2v) is 10.6. The van der Waals surface area contributed by atoms with Crippen molar-refractivity contribution in [2.45, 2.75) is 33.2 Å². The van der Waals surface area contributed by atoms with Crippen molar-refractivity contribution >= 4 is 44.8 Å². The Labute approximate surface area is 207 Å². The number of halogens is 1. The molecule has 0 unspecified atom stereocenters. The first-order valence-electron chi connectivity index (χ1n) is 11.6. The zero-order valence-corrected chi connectivity index (χ0v) is 20.9. The Morgan fingerprint density at radius 3 is 2.56 bits per heavy atom. The van der Waals surface area contributed by atoms with Crippen LogP contribution in [0.2, 0.25) is 5.02 Å². The maximum absolute atomic E-state index is 12.8. The quantitative estimate of drug-likeness (QED) is 0.432. The number of hydrogen-bond donors (Lipinski definition) is 1. The minimum Gasteiger partial charge on any atom is -0.351 e. The lowest BCUT2D eigenvalue weighted by Gasteiger charge is -2.32. The van der Waals surface area contributed by atoms with Gasteiger partial charge in [0.25, 0.3) is 11.5 Å². The van der Waals surface area contributed by atoms with Crippen LogP contribution < -0.4 is 10.9 Å². The smallest absolute Gasteiger partial charge is 0.261 e. The topological polar surface area (TPSA) is 66.7 Å². The minimum atomic E-state index is -0.222. The summed E-state index contributed by atoms with van der Waals surface area (Å²) in [7, 11) is 0. The van der Waals surface area contributed by atoms with Gasteiger partial charge in [0.2, 0.25) is 0 Å². The number of benzene rings is 2. The molecule has 2 aromatic carbocycles. The highest BCUT2D eigenvalue weighted by atomic mass is 35.5. The molecule has 6 nitrogen and oxygen atoms in total. The number of piperidine rings is 1. The summed E-state index contributed by atoms with van der Waals surface area (Å²) < 4.78 is 1.60. The van der Waals surface area contributed by atoms with Gasteiger partial charge in [0.05, 0.1) is 11.0 Å². The molecule has 5 rings (SSSR count). The van der Waals surface area contributed by atoms with Crippen molar-refractivity contribution in [3.63, 3.8) is 0 Å². The molecule has 0 saturated carbocycles. The van der Waals surface area contributed by atoms with E-state index in [1.54, 1.807) is 4.40 Å². The number of hydrogen-bond acceptors (Lipinski definition) is 5. The van der Waals surface area contributed by atoms with E-state index in [4.69, 9.17) is 11.6 Å². The Morgan fingerprint density at radius 2 is 1.82 bits per heavy atom. The first-order chi connectivity index (χ1) is 16.4. The molecular formula is C26H27ClN4O2S. The van der Waals surface area contributed by atoms with Gasteiger partial charge in [-0.1, -0.05) is 35.1 Å². The molecule has 1 aliphatic rings. The van der Waals surface area contributed by atoms with Crippen molar-refractivity contribution in [1.29, 1.82) is 0 Å². The van der Waals surface area contributed by atoms with E-state index in [0.29, 0.717) is 22.3 Å². The van der Waals surface area contributed by atoms with Gasteiger partial charge in [-0.15, -0.1) is 0 Å². The predicted octanol–water partition coefficient (Wildman–Crippen LogP) is 4.82. The Morgan fingerprint density at radius 1 is 1.12 bits per heavy atom. The fourth-order valence-electron chi connectivity index (χ4n) is 4.53. The number of nitrogens with zero attached hydrogens (tertiary/aromatic N) is 3. The molecule has 1 N–H and O–H groups in total. The van der Waals surface area contributed by atoms with E-state index in [0.717, 1.165) is 59.7 Å². The molecule has 0 aliphatic carbocycles. The van der Waals surface area contributed by atoms with Crippen molar-refractivity contribution in [1.82, 2.24) is 19.6 Å². The van der Waals surface area contributed by atoms with E-state index in [1.807, 2.05) is 38.1 Å². The summed E-state index contributed by atoms with van der Waals surface area (Å²) >= 11 is 7.23. The highest BCUT2D eigenvalue weighted by molar-refractivity contribution is 7.18. The molecule has 0 atom stereocenters. The number of aryl methyl sites for hydroxylation is 2. The minimum absolute atomic E-state index is 0.201. The summed E-state index contributed by atoms with van der Waals surface area (Å²) in [6.07, 6.45) is 2.07. The van der Waals surface area contributed by atoms with Gasteiger partial charge in [0.1, 0.15) is 4.88 Å². The fourth-order valence-corrected chi connectivity index (χ4v) is 5.60. The molecule has 0 radical (unpaired) electrons. The number of fused-ring (bicyclic) bond motifs is 3. The van der Waals surface area contributed by atoms with Gasteiger partial charge < -0.3 is 5.32 Å². The van der Waals surface area contributed by atoms with Crippen molar-refractivity contribution in [3.05, 3.63) is 79.4 Å². The molecule has 3 heterocycles. The summed E-state index contributed by atoms with van der Waals surface area (Å²) in [4.78, 5) is 33.7. The maximum Gasteiger partial charge on any atom is 0.261 e. The van der Waals surface area contributed by atoms with Gasteiger partial charge in [-0.3, -0.25) is 18.9 Å². The largest absolute Gasteiger partial charge is 0.351 e. The van der Waals surface area contributed by atoms with Crippen LogP contribution in [0.4, 0.5) is 0 Å². The number of nitrogens with one attached hydrogen (secondary N) is 1. The number of amides is 1. The van der Waals surface area contributed by atoms with Gasteiger partial charge in [0.15, 0.2) is 4.96 Å². The van der Waals surface area contributed by atoms with E-state index < -0.39 is 0 Å². The predicted molar refractivity (Wildman–Crippen MR) is 138 cm³/mol. The molecule has 0 bridgehead atoms. The number of aromatic nitrogens is 2. The summed E-state index contributed by atoms with van der Waals surface area (Å²) in [5.41, 5.74) is 4.85. The molecule has 1 fully saturated rings. The van der Waals surface area contributed by atoms with Crippen LogP contribution >= 0.6 is 22.9 Å². The van der Waals surface area contributed by atoms with Gasteiger partial charge in [0, 0.05) is 24.2 Å². The van der Waals surface area contributed by atoms with Crippen molar-refractivity contribution < 1.29 is 4.79 Å². The lowest BCUT2D eigenvalue weighted by molar-refractivity contribution is 0.0939. The normalized spacial score (nSPS) is 15.3. The van der Waals surface area contributed by atoms with Crippen LogP contribution in [0.3, 0.4) is 0 Å². The van der Waals surface area contributed by atoms with Crippen molar-refractivity contribution in [2.24, 2.45) is 5.92 Å². The molecule has 176 valence electrons. The van der Waals surface area contributed by atoms with Crippen molar-refractivity contribution in [2.75, 3.05) is 19.6 Å². The average Bonchev–Trinajstić information content (AvgIpc) is 3.17. The zero-order valence-electron chi connectivity index (χ0n) is 19.3. The summed E-state index contributed by atoms with van der Waals surface area (Å²) in [5, 5.41) is 3.80. The Hall–Kier alpha value is -2.74. The average molecular weight is 495 g/mol. The van der Waals surface area contributed by atoms with Gasteiger partial charge >= 0.3 is 0 Å². The van der Waals surface area contributed by atoms with Gasteiger partial charge in [-0.25, -0.2) is 4.98 Å². The zero-order chi connectivity index (χ0) is 23.8. The van der Waals surface area contributed by atoms with E-state index in [2.05, 4.69) is 27.3 Å². The third-order valence-corrected chi connectivity index (χ3v) is 7.95. The first-order valence-corrected chi connectivity index (χ1v) is 12.8. The molecule has 4 aromatic rings. The number of imidazole rings is 1. The SMILES string of the molecule is Cc1cc2nc3sc(C(=O)NCC4CCN(Cc5ccc(Cl)cc5)CC4)cc(=O)n3c2cc1C. The van der Waals surface area contributed by atoms with Crippen LogP contribution in [0, 0.1) is 19.8 Å². The molecule has 1 aliphatic heterocycles. The lowest BCUT2D eigenvalue weighted by atomic mass is 9.96. The van der Waals surface area contributed by atoms with Gasteiger partial charge in [-0.05, 0) is 86.7 Å². The molecule has 8 heteroatoms. The van der Waals surface area contributed by atoms with Crippen LogP contribution in [0.15, 0.2) is 47.3 Å². The Kier molecular flexibility index (Phi) is 6.42. The summed E-state index contributed by atoms with van der Waals surface area (Å²) in [6.45, 7) is 7.59. The molecule has 1 amide bonds. The standard InChI is InChI=1S/C26H27ClN4O2S/c1-16-11-21-22(12-17(16)2)31-24(32)13-23(34-26(31)29-21)25(33)28-14-18-7-9-30(10-8-18)15-19-3-5-20(27)6-4-19/h3-6,11-13,18H,7-10,14-15H2,1-2H3,(H,28,33). The molecule has 2 aromatic heterocycles. The number of likely N-dealkylation sites (tertiary alicyclic amines) is 1. The summed E-state index contributed by atoms with van der Waals surface area (Å²) in [6, 6.07) is 13.4. The van der Waals surface area contributed by atoms with Crippen LogP contribution in [-0.2, 0) is 6.54 Å². The fraction of sp³-hybridized carbons (Fsp3) is 0.346. The third kappa shape index (κ3) is 4.73. The molecule has 34 heavy (non-hydrogen) atoms. The highest BCUT2D eigenvalue weighted by Crippen LogP contribution is 2.23. The van der Waals surface area contributed by atoms with E-state index in [1.165, 1.54) is 23.0 Å². The monoisotopic (exact) mass is 494 g/mol. The molecule has 1 saturated heterocycles. The van der Waals surface area contributed by atoms with Crippen LogP contribution in [0.5, 0.6) is 0 Å². The highest BCUT2D eigenvalue weighted by Gasteiger charge is 2.21. The second-order valence-electron chi connectivity index (χ2n) is 9.16. The van der Waals surface area contributed by atoms with Crippen LogP contribution in [0.25, 0.3) is 16.0 Å². The first kappa shape index (κ1) is 23.0. The Balaban J connectivity index is 1.21. The van der Waals surface area contributed by atoms with E-state index in [9.17, 15) is 9.59 Å². The summed E-state index contributed by atoms with van der Waals surface area (Å²) in [5.74, 6) is 0.235. The molecular weight excluding hydrogens is 468 g/mol. The third-order valence-electron chi connectivity index (χ3n) is 6.72. The lowest BCUT2D eigenvalue weighted by Crippen LogP contribution is -2.38. The number of carbonyl (C=O) groups excluding carboxylic acids is 1. The number of carbonyl (C=O) groups is 1.